The van der Waals surface area contributed by atoms with Crippen molar-refractivity contribution in [3.05, 3.63) is 50.1 Å². The highest BCUT2D eigenvalue weighted by Crippen LogP contribution is 2.27. The molecule has 2 rings (SSSR count). The summed E-state index contributed by atoms with van der Waals surface area (Å²) >= 11 is 4.82. The van der Waals surface area contributed by atoms with E-state index in [9.17, 15) is 13.5 Å². The molecule has 0 saturated heterocycles. The zero-order chi connectivity index (χ0) is 14.8. The van der Waals surface area contributed by atoms with E-state index in [-0.39, 0.29) is 18.0 Å². The standard InChI is InChI=1S/C13H14BrNO3S2/c1-9-4-11(7-16)5-12(13(9)14)20(17,18)15-6-10-2-3-19-8-10/h2-5,8,15-16H,6-7H2,1H3. The van der Waals surface area contributed by atoms with Crippen LogP contribution >= 0.6 is 27.3 Å². The molecule has 0 aliphatic rings. The van der Waals surface area contributed by atoms with Gasteiger partial charge in [0.1, 0.15) is 0 Å². The van der Waals surface area contributed by atoms with Crippen molar-refractivity contribution in [2.24, 2.45) is 0 Å². The maximum atomic E-state index is 12.3. The smallest absolute Gasteiger partial charge is 0.242 e. The Kier molecular flexibility index (Phi) is 4.98. The first-order valence-electron chi connectivity index (χ1n) is 5.84. The Morgan fingerprint density at radius 3 is 2.70 bits per heavy atom. The molecule has 108 valence electrons. The van der Waals surface area contributed by atoms with Crippen molar-refractivity contribution in [3.8, 4) is 0 Å². The minimum atomic E-state index is -3.63. The highest BCUT2D eigenvalue weighted by Gasteiger charge is 2.19. The molecule has 0 fully saturated rings. The molecular weight excluding hydrogens is 362 g/mol. The minimum absolute atomic E-state index is 0.150. The molecule has 2 N–H and O–H groups in total. The Bertz CT molecular complexity index is 697. The number of halogens is 1. The number of sulfonamides is 1. The first-order chi connectivity index (χ1) is 9.44. The fourth-order valence-corrected chi connectivity index (χ4v) is 4.50. The van der Waals surface area contributed by atoms with Crippen LogP contribution in [0.15, 0.2) is 38.3 Å². The number of aryl methyl sites for hydroxylation is 1. The molecule has 0 bridgehead atoms. The van der Waals surface area contributed by atoms with Gasteiger partial charge in [-0.05, 0) is 62.4 Å². The number of hydrogen-bond acceptors (Lipinski definition) is 4. The quantitative estimate of drug-likeness (QED) is 0.844. The Hall–Kier alpha value is -0.730. The largest absolute Gasteiger partial charge is 0.392 e. The SMILES string of the molecule is Cc1cc(CO)cc(S(=O)(=O)NCc2ccsc2)c1Br. The monoisotopic (exact) mass is 375 g/mol. The molecule has 0 radical (unpaired) electrons. The van der Waals surface area contributed by atoms with Gasteiger partial charge >= 0.3 is 0 Å². The summed E-state index contributed by atoms with van der Waals surface area (Å²) in [5.41, 5.74) is 2.26. The number of rotatable bonds is 5. The summed E-state index contributed by atoms with van der Waals surface area (Å²) in [6.07, 6.45) is 0. The van der Waals surface area contributed by atoms with Gasteiger partial charge < -0.3 is 5.11 Å². The Balaban J connectivity index is 2.31. The van der Waals surface area contributed by atoms with Gasteiger partial charge in [-0.2, -0.15) is 11.3 Å². The summed E-state index contributed by atoms with van der Waals surface area (Å²) in [4.78, 5) is 0.150. The molecular formula is C13H14BrNO3S2. The summed E-state index contributed by atoms with van der Waals surface area (Å²) < 4.78 is 27.8. The topological polar surface area (TPSA) is 66.4 Å². The molecule has 0 saturated carbocycles. The predicted molar refractivity (Wildman–Crippen MR) is 83.1 cm³/mol. The molecule has 1 aromatic heterocycles. The lowest BCUT2D eigenvalue weighted by Crippen LogP contribution is -2.23. The normalized spacial score (nSPS) is 11.8. The molecule has 0 atom stereocenters. The van der Waals surface area contributed by atoms with Crippen LogP contribution in [-0.4, -0.2) is 13.5 Å². The van der Waals surface area contributed by atoms with Gasteiger partial charge in [-0.25, -0.2) is 13.1 Å². The second-order valence-electron chi connectivity index (χ2n) is 4.34. The van der Waals surface area contributed by atoms with Crippen molar-refractivity contribution in [2.45, 2.75) is 25.0 Å². The maximum absolute atomic E-state index is 12.3. The van der Waals surface area contributed by atoms with Crippen LogP contribution in [0.25, 0.3) is 0 Å². The van der Waals surface area contributed by atoms with Crippen molar-refractivity contribution in [1.82, 2.24) is 4.72 Å². The Morgan fingerprint density at radius 2 is 2.10 bits per heavy atom. The number of hydrogen-bond donors (Lipinski definition) is 2. The lowest BCUT2D eigenvalue weighted by molar-refractivity contribution is 0.281. The minimum Gasteiger partial charge on any atom is -0.392 e. The Morgan fingerprint density at radius 1 is 1.35 bits per heavy atom. The van der Waals surface area contributed by atoms with Crippen LogP contribution in [0, 0.1) is 6.92 Å². The van der Waals surface area contributed by atoms with Crippen molar-refractivity contribution in [1.29, 1.82) is 0 Å². The molecule has 4 nitrogen and oxygen atoms in total. The van der Waals surface area contributed by atoms with Crippen molar-refractivity contribution in [2.75, 3.05) is 0 Å². The summed E-state index contributed by atoms with van der Waals surface area (Å²) in [7, 11) is -3.63. The average Bonchev–Trinajstić information content (AvgIpc) is 2.92. The number of aliphatic hydroxyl groups is 1. The van der Waals surface area contributed by atoms with Crippen LogP contribution in [0.4, 0.5) is 0 Å². The number of nitrogens with one attached hydrogen (secondary N) is 1. The molecule has 7 heteroatoms. The third-order valence-corrected chi connectivity index (χ3v) is 6.27. The third kappa shape index (κ3) is 3.48. The van der Waals surface area contributed by atoms with Crippen molar-refractivity contribution >= 4 is 37.3 Å². The number of benzene rings is 1. The fraction of sp³-hybridized carbons (Fsp3) is 0.231. The van der Waals surface area contributed by atoms with Gasteiger partial charge in [-0.1, -0.05) is 6.07 Å². The van der Waals surface area contributed by atoms with E-state index in [0.29, 0.717) is 10.0 Å². The van der Waals surface area contributed by atoms with E-state index >= 15 is 0 Å². The molecule has 20 heavy (non-hydrogen) atoms. The highest BCUT2D eigenvalue weighted by atomic mass is 79.9. The summed E-state index contributed by atoms with van der Waals surface area (Å²) in [5, 5.41) is 13.0. The summed E-state index contributed by atoms with van der Waals surface area (Å²) in [5.74, 6) is 0. The lowest BCUT2D eigenvalue weighted by atomic mass is 10.1. The maximum Gasteiger partial charge on any atom is 0.242 e. The molecule has 0 amide bonds. The van der Waals surface area contributed by atoms with E-state index in [2.05, 4.69) is 20.7 Å². The van der Waals surface area contributed by atoms with Gasteiger partial charge in [0.15, 0.2) is 0 Å². The van der Waals surface area contributed by atoms with Gasteiger partial charge in [0.05, 0.1) is 11.5 Å². The van der Waals surface area contributed by atoms with Crippen molar-refractivity contribution in [3.63, 3.8) is 0 Å². The molecule has 0 spiro atoms. The lowest BCUT2D eigenvalue weighted by Gasteiger charge is -2.11. The molecule has 0 aliphatic carbocycles. The van der Waals surface area contributed by atoms with Gasteiger partial charge in [-0.3, -0.25) is 0 Å². The molecule has 2 aromatic rings. The van der Waals surface area contributed by atoms with Gasteiger partial charge in [-0.15, -0.1) is 0 Å². The van der Waals surface area contributed by atoms with E-state index in [1.165, 1.54) is 17.4 Å². The molecule has 1 heterocycles. The van der Waals surface area contributed by atoms with E-state index in [1.54, 1.807) is 13.0 Å². The second kappa shape index (κ2) is 6.36. The molecule has 0 aliphatic heterocycles. The fourth-order valence-electron chi connectivity index (χ4n) is 1.75. The van der Waals surface area contributed by atoms with Crippen LogP contribution in [0.3, 0.4) is 0 Å². The van der Waals surface area contributed by atoms with Gasteiger partial charge in [0, 0.05) is 11.0 Å². The predicted octanol–water partition coefficient (Wildman–Crippen LogP) is 2.79. The van der Waals surface area contributed by atoms with E-state index in [0.717, 1.165) is 11.1 Å². The third-order valence-electron chi connectivity index (χ3n) is 2.80. The first-order valence-corrected chi connectivity index (χ1v) is 9.06. The van der Waals surface area contributed by atoms with Gasteiger partial charge in [0.25, 0.3) is 0 Å². The van der Waals surface area contributed by atoms with Crippen molar-refractivity contribution < 1.29 is 13.5 Å². The summed E-state index contributed by atoms with van der Waals surface area (Å²) in [6, 6.07) is 5.10. The molecule has 0 unspecified atom stereocenters. The average molecular weight is 376 g/mol. The summed E-state index contributed by atoms with van der Waals surface area (Å²) in [6.45, 7) is 1.85. The molecule has 1 aromatic carbocycles. The van der Waals surface area contributed by atoms with E-state index in [4.69, 9.17) is 0 Å². The highest BCUT2D eigenvalue weighted by molar-refractivity contribution is 9.10. The van der Waals surface area contributed by atoms with Gasteiger partial charge in [0.2, 0.25) is 10.0 Å². The zero-order valence-corrected chi connectivity index (χ0v) is 14.0. The van der Waals surface area contributed by atoms with Crippen LogP contribution in [0.5, 0.6) is 0 Å². The van der Waals surface area contributed by atoms with Crippen LogP contribution in [0.1, 0.15) is 16.7 Å². The van der Waals surface area contributed by atoms with E-state index in [1.807, 2.05) is 16.8 Å². The zero-order valence-electron chi connectivity index (χ0n) is 10.8. The number of aliphatic hydroxyl groups excluding tert-OH is 1. The second-order valence-corrected chi connectivity index (χ2v) is 7.65. The first kappa shape index (κ1) is 15.7. The van der Waals surface area contributed by atoms with Crippen LogP contribution in [-0.2, 0) is 23.2 Å². The van der Waals surface area contributed by atoms with E-state index < -0.39 is 10.0 Å². The number of thiophene rings is 1. The van der Waals surface area contributed by atoms with Crippen LogP contribution in [0.2, 0.25) is 0 Å². The Labute approximate surface area is 130 Å². The van der Waals surface area contributed by atoms with Crippen LogP contribution < -0.4 is 4.72 Å².